The maximum Gasteiger partial charge on any atom is 0.232 e. The van der Waals surface area contributed by atoms with Crippen LogP contribution in [-0.2, 0) is 28.8 Å². The van der Waals surface area contributed by atoms with Crippen molar-refractivity contribution in [3.05, 3.63) is 71.8 Å². The number of thioether (sulfide) groups is 4. The smallest absolute Gasteiger partial charge is 0.232 e. The molecular formula is C28H28Cl4O8S4. The van der Waals surface area contributed by atoms with Gasteiger partial charge in [-0.3, -0.25) is 38.4 Å². The second-order valence-corrected chi connectivity index (χ2v) is 13.6. The van der Waals surface area contributed by atoms with Crippen molar-refractivity contribution in [2.45, 2.75) is 26.7 Å². The van der Waals surface area contributed by atoms with Crippen molar-refractivity contribution < 1.29 is 38.4 Å². The van der Waals surface area contributed by atoms with E-state index in [4.69, 9.17) is 46.4 Å². The van der Waals surface area contributed by atoms with E-state index in [2.05, 4.69) is 0 Å². The van der Waals surface area contributed by atoms with Crippen molar-refractivity contribution in [1.82, 2.24) is 0 Å². The minimum atomic E-state index is -0.505. The maximum absolute atomic E-state index is 11.4. The Labute approximate surface area is 292 Å². The molecule has 0 saturated heterocycles. The number of rotatable bonds is 12. The first-order chi connectivity index (χ1) is 20.6. The van der Waals surface area contributed by atoms with Crippen LogP contribution in [0.5, 0.6) is 0 Å². The number of carbonyl (C=O) groups excluding carboxylic acids is 8. The summed E-state index contributed by atoms with van der Waals surface area (Å²) in [7, 11) is 0. The van der Waals surface area contributed by atoms with E-state index in [9.17, 15) is 38.4 Å². The van der Waals surface area contributed by atoms with Gasteiger partial charge in [0.1, 0.15) is 0 Å². The third kappa shape index (κ3) is 31.8. The summed E-state index contributed by atoms with van der Waals surface area (Å²) in [5.41, 5.74) is 1.24. The minimum absolute atomic E-state index is 0.0212. The number of benzene rings is 2. The zero-order chi connectivity index (χ0) is 33.9. The molecule has 0 atom stereocenters. The van der Waals surface area contributed by atoms with Gasteiger partial charge in [-0.05, 0) is 46.4 Å². The predicted octanol–water partition coefficient (Wildman–Crippen LogP) is 7.49. The summed E-state index contributed by atoms with van der Waals surface area (Å²) in [4.78, 5) is 83.9. The van der Waals surface area contributed by atoms with Crippen molar-refractivity contribution in [3.63, 3.8) is 0 Å². The quantitative estimate of drug-likeness (QED) is 0.198. The first-order valence-electron chi connectivity index (χ1n) is 12.1. The highest BCUT2D eigenvalue weighted by atomic mass is 35.5. The van der Waals surface area contributed by atoms with Crippen LogP contribution in [0.4, 0.5) is 0 Å². The molecule has 0 aliphatic rings. The molecular weight excluding hydrogens is 734 g/mol. The SMILES string of the molecule is CC(=O)SCC(=O)Cl.CC(=O)SCCC(=O)Cl.O=C(Cl)CCSC(=O)c1ccccc1.O=C(Cl)CSC(=O)c1ccccc1. The lowest BCUT2D eigenvalue weighted by Gasteiger charge is -1.98. The molecule has 44 heavy (non-hydrogen) atoms. The summed E-state index contributed by atoms with van der Waals surface area (Å²) in [6.45, 7) is 2.86. The summed E-state index contributed by atoms with van der Waals surface area (Å²) in [6.07, 6.45) is 0.497. The molecule has 0 saturated carbocycles. The molecule has 0 radical (unpaired) electrons. The van der Waals surface area contributed by atoms with Crippen LogP contribution in [0.15, 0.2) is 60.7 Å². The Morgan fingerprint density at radius 1 is 0.477 bits per heavy atom. The van der Waals surface area contributed by atoms with Crippen molar-refractivity contribution in [1.29, 1.82) is 0 Å². The highest BCUT2D eigenvalue weighted by molar-refractivity contribution is 8.15. The van der Waals surface area contributed by atoms with Crippen LogP contribution in [0.1, 0.15) is 47.4 Å². The zero-order valence-electron chi connectivity index (χ0n) is 23.4. The first kappa shape index (κ1) is 44.5. The molecule has 0 spiro atoms. The molecule has 0 amide bonds. The van der Waals surface area contributed by atoms with Gasteiger partial charge in [0.05, 0.1) is 11.5 Å². The fraction of sp³-hybridized carbons (Fsp3) is 0.286. The van der Waals surface area contributed by atoms with Gasteiger partial charge in [0, 0.05) is 49.3 Å². The normalized spacial score (nSPS) is 9.41. The molecule has 0 heterocycles. The molecule has 2 aromatic carbocycles. The third-order valence-corrected chi connectivity index (χ3v) is 8.26. The Morgan fingerprint density at radius 3 is 1.14 bits per heavy atom. The standard InChI is InChI=1S/C10H9ClO2S.C9H7ClO2S.C5H7ClO2S.C4H5ClO2S/c11-9(12)6-7-14-10(13)8-4-2-1-3-5-8;10-8(11)6-13-9(12)7-4-2-1-3-5-7;1-4(7)9-3-2-5(6)8;1-3(6)8-2-4(5)7/h1-5H,6-7H2;1-5H,6H2;2-3H2,1H3;2H2,1H3. The summed E-state index contributed by atoms with van der Waals surface area (Å²) in [5, 5.41) is -1.99. The first-order valence-corrected chi connectivity index (χ1v) is 17.5. The molecule has 0 unspecified atom stereocenters. The molecule has 0 aliphatic heterocycles. The molecule has 2 aromatic rings. The Bertz CT molecular complexity index is 1200. The van der Waals surface area contributed by atoms with Gasteiger partial charge >= 0.3 is 0 Å². The Hall–Kier alpha value is -1.64. The van der Waals surface area contributed by atoms with Crippen molar-refractivity contribution in [3.8, 4) is 0 Å². The molecule has 240 valence electrons. The fourth-order valence-corrected chi connectivity index (χ4v) is 5.05. The van der Waals surface area contributed by atoms with Crippen molar-refractivity contribution in [2.75, 3.05) is 23.0 Å². The second-order valence-electron chi connectivity index (χ2n) is 7.48. The van der Waals surface area contributed by atoms with Crippen LogP contribution in [-0.4, -0.2) is 64.4 Å². The van der Waals surface area contributed by atoms with Crippen LogP contribution in [0, 0.1) is 0 Å². The van der Waals surface area contributed by atoms with Crippen LogP contribution in [0.3, 0.4) is 0 Å². The van der Waals surface area contributed by atoms with E-state index in [1.165, 1.54) is 13.8 Å². The van der Waals surface area contributed by atoms with Crippen LogP contribution in [0.25, 0.3) is 0 Å². The number of hydrogen-bond donors (Lipinski definition) is 0. The Balaban J connectivity index is 0. The molecule has 0 bridgehead atoms. The van der Waals surface area contributed by atoms with E-state index in [1.807, 2.05) is 12.1 Å². The summed E-state index contributed by atoms with van der Waals surface area (Å²) >= 11 is 24.2. The Kier molecular flexibility index (Phi) is 29.1. The van der Waals surface area contributed by atoms with Crippen LogP contribution >= 0.6 is 93.5 Å². The molecule has 0 aliphatic carbocycles. The number of carbonyl (C=O) groups is 8. The monoisotopic (exact) mass is 760 g/mol. The number of hydrogen-bond acceptors (Lipinski definition) is 12. The van der Waals surface area contributed by atoms with Gasteiger partial charge < -0.3 is 0 Å². The highest BCUT2D eigenvalue weighted by Crippen LogP contribution is 2.14. The van der Waals surface area contributed by atoms with E-state index >= 15 is 0 Å². The van der Waals surface area contributed by atoms with E-state index in [-0.39, 0.29) is 50.1 Å². The van der Waals surface area contributed by atoms with Gasteiger partial charge in [-0.1, -0.05) is 108 Å². The van der Waals surface area contributed by atoms with Gasteiger partial charge in [-0.25, -0.2) is 0 Å². The Morgan fingerprint density at radius 2 is 0.818 bits per heavy atom. The fourth-order valence-electron chi connectivity index (χ4n) is 2.09. The van der Waals surface area contributed by atoms with Crippen LogP contribution < -0.4 is 0 Å². The van der Waals surface area contributed by atoms with Crippen molar-refractivity contribution in [2.24, 2.45) is 0 Å². The minimum Gasteiger partial charge on any atom is -0.288 e. The zero-order valence-corrected chi connectivity index (χ0v) is 29.7. The highest BCUT2D eigenvalue weighted by Gasteiger charge is 2.08. The molecule has 0 N–H and O–H groups in total. The van der Waals surface area contributed by atoms with E-state index in [1.54, 1.807) is 48.5 Å². The maximum atomic E-state index is 11.4. The van der Waals surface area contributed by atoms with Crippen molar-refractivity contribution >= 4 is 135 Å². The van der Waals surface area contributed by atoms with Gasteiger partial charge in [-0.15, -0.1) is 0 Å². The largest absolute Gasteiger partial charge is 0.288 e. The van der Waals surface area contributed by atoms with E-state index < -0.39 is 15.7 Å². The molecule has 16 heteroatoms. The molecule has 0 fully saturated rings. The molecule has 8 nitrogen and oxygen atoms in total. The summed E-state index contributed by atoms with van der Waals surface area (Å²) in [6, 6.07) is 17.7. The summed E-state index contributed by atoms with van der Waals surface area (Å²) in [5.74, 6) is 1.04. The third-order valence-electron chi connectivity index (χ3n) is 3.86. The van der Waals surface area contributed by atoms with Gasteiger partial charge in [0.15, 0.2) is 10.2 Å². The lowest BCUT2D eigenvalue weighted by atomic mass is 10.2. The molecule has 2 rings (SSSR count). The van der Waals surface area contributed by atoms with Gasteiger partial charge in [0.25, 0.3) is 0 Å². The van der Waals surface area contributed by atoms with E-state index in [0.717, 1.165) is 47.0 Å². The predicted molar refractivity (Wildman–Crippen MR) is 185 cm³/mol. The average molecular weight is 763 g/mol. The molecule has 0 aromatic heterocycles. The van der Waals surface area contributed by atoms with Gasteiger partial charge in [-0.2, -0.15) is 0 Å². The second kappa shape index (κ2) is 28.8. The van der Waals surface area contributed by atoms with Crippen LogP contribution in [0.2, 0.25) is 0 Å². The lowest BCUT2D eigenvalue weighted by Crippen LogP contribution is -1.98. The van der Waals surface area contributed by atoms with E-state index in [0.29, 0.717) is 22.6 Å². The summed E-state index contributed by atoms with van der Waals surface area (Å²) < 4.78 is 0. The van der Waals surface area contributed by atoms with Gasteiger partial charge in [0.2, 0.25) is 31.2 Å². The topological polar surface area (TPSA) is 137 Å². The lowest BCUT2D eigenvalue weighted by molar-refractivity contribution is -0.112. The number of halogens is 4. The average Bonchev–Trinajstić information content (AvgIpc) is 2.96.